The van der Waals surface area contributed by atoms with Gasteiger partial charge in [-0.3, -0.25) is 4.79 Å². The number of carbonyl (C=O) groups is 1. The molecular weight excluding hydrogens is 142 g/mol. The van der Waals surface area contributed by atoms with Crippen LogP contribution in [0, 0.1) is 0 Å². The van der Waals surface area contributed by atoms with Gasteiger partial charge < -0.3 is 10.5 Å². The van der Waals surface area contributed by atoms with Crippen molar-refractivity contribution in [3.63, 3.8) is 0 Å². The van der Waals surface area contributed by atoms with Crippen LogP contribution in [0.25, 0.3) is 0 Å². The minimum atomic E-state index is -0.333. The Morgan fingerprint density at radius 1 is 1.45 bits per heavy atom. The van der Waals surface area contributed by atoms with E-state index in [2.05, 4.69) is 5.73 Å². The lowest BCUT2D eigenvalue weighted by Crippen LogP contribution is -2.01. The van der Waals surface area contributed by atoms with Crippen molar-refractivity contribution >= 4 is 5.91 Å². The van der Waals surface area contributed by atoms with Crippen LogP contribution in [-0.2, 0) is 4.79 Å². The van der Waals surface area contributed by atoms with Crippen molar-refractivity contribution in [1.82, 2.24) is 0 Å². The third kappa shape index (κ3) is 2.29. The van der Waals surface area contributed by atoms with Crippen LogP contribution in [0.1, 0.15) is 6.92 Å². The Balaban J connectivity index is 0.000000134. The van der Waals surface area contributed by atoms with E-state index in [-0.39, 0.29) is 5.91 Å². The minimum absolute atomic E-state index is 0.333. The van der Waals surface area contributed by atoms with Crippen LogP contribution in [-0.4, -0.2) is 5.91 Å². The molecular formula is C8H9NO2. The van der Waals surface area contributed by atoms with E-state index in [9.17, 15) is 4.79 Å². The third-order valence-electron chi connectivity index (χ3n) is 1.04. The fraction of sp³-hybridized carbons (Fsp3) is 0.125. The summed E-state index contributed by atoms with van der Waals surface area (Å²) in [6, 6.07) is 7.86. The van der Waals surface area contributed by atoms with Crippen LogP contribution in [0.2, 0.25) is 0 Å². The van der Waals surface area contributed by atoms with E-state index >= 15 is 0 Å². The average Bonchev–Trinajstić information content (AvgIpc) is 1.86. The number of ether oxygens (including phenoxy) is 1. The van der Waals surface area contributed by atoms with Gasteiger partial charge in [0.25, 0.3) is 0 Å². The maximum atomic E-state index is 9.22. The van der Waals surface area contributed by atoms with Crippen LogP contribution in [0.4, 0.5) is 0 Å². The summed E-state index contributed by atoms with van der Waals surface area (Å²) < 4.78 is 5.01. The van der Waals surface area contributed by atoms with Gasteiger partial charge in [0, 0.05) is 13.0 Å². The highest BCUT2D eigenvalue weighted by Crippen LogP contribution is 2.32. The smallest absolute Gasteiger partial charge is 0.214 e. The highest BCUT2D eigenvalue weighted by Gasteiger charge is 2.05. The number of amides is 1. The van der Waals surface area contributed by atoms with Gasteiger partial charge in [-0.15, -0.1) is 0 Å². The maximum absolute atomic E-state index is 9.22. The highest BCUT2D eigenvalue weighted by atomic mass is 16.5. The molecule has 11 heavy (non-hydrogen) atoms. The number of benzene rings is 1. The minimum Gasteiger partial charge on any atom is -0.457 e. The molecule has 0 unspecified atom stereocenters. The number of nitrogens with two attached hydrogens (primary N) is 1. The number of hydrogen-bond donors (Lipinski definition) is 1. The molecule has 0 saturated carbocycles. The van der Waals surface area contributed by atoms with E-state index < -0.39 is 0 Å². The molecule has 0 aliphatic carbocycles. The Labute approximate surface area is 64.8 Å². The monoisotopic (exact) mass is 151 g/mol. The van der Waals surface area contributed by atoms with Crippen molar-refractivity contribution in [2.75, 3.05) is 0 Å². The topological polar surface area (TPSA) is 52.3 Å². The van der Waals surface area contributed by atoms with E-state index in [1.165, 1.54) is 6.92 Å². The SMILES string of the molecule is CC(N)=O.c1cc2cc(c1)O2. The largest absolute Gasteiger partial charge is 0.457 e. The summed E-state index contributed by atoms with van der Waals surface area (Å²) >= 11 is 0. The lowest BCUT2D eigenvalue weighted by atomic mass is 10.2. The molecule has 1 aromatic carbocycles. The second kappa shape index (κ2) is 3.05. The molecule has 2 aliphatic rings. The molecule has 0 radical (unpaired) electrons. The van der Waals surface area contributed by atoms with E-state index in [4.69, 9.17) is 4.74 Å². The first-order chi connectivity index (χ1) is 5.18. The van der Waals surface area contributed by atoms with Gasteiger partial charge in [0.15, 0.2) is 0 Å². The molecule has 3 nitrogen and oxygen atoms in total. The Hall–Kier alpha value is -1.51. The van der Waals surface area contributed by atoms with E-state index in [1.54, 1.807) is 0 Å². The molecule has 2 bridgehead atoms. The Morgan fingerprint density at radius 2 is 1.82 bits per heavy atom. The Kier molecular flexibility index (Phi) is 2.11. The lowest BCUT2D eigenvalue weighted by molar-refractivity contribution is -0.115. The molecule has 2 N–H and O–H groups in total. The number of hydrogen-bond acceptors (Lipinski definition) is 2. The Bertz CT molecular complexity index is 242. The first kappa shape index (κ1) is 7.60. The predicted molar refractivity (Wildman–Crippen MR) is 41.4 cm³/mol. The number of rotatable bonds is 0. The molecule has 0 spiro atoms. The molecule has 0 aromatic heterocycles. The van der Waals surface area contributed by atoms with Crippen molar-refractivity contribution in [1.29, 1.82) is 0 Å². The first-order valence-corrected chi connectivity index (χ1v) is 3.22. The summed E-state index contributed by atoms with van der Waals surface area (Å²) in [5.41, 5.74) is 4.47. The number of primary amides is 1. The predicted octanol–water partition coefficient (Wildman–Crippen LogP) is 1.28. The van der Waals surface area contributed by atoms with Gasteiger partial charge in [-0.2, -0.15) is 0 Å². The molecule has 2 aliphatic heterocycles. The van der Waals surface area contributed by atoms with Crippen molar-refractivity contribution < 1.29 is 9.53 Å². The van der Waals surface area contributed by atoms with Gasteiger partial charge >= 0.3 is 0 Å². The summed E-state index contributed by atoms with van der Waals surface area (Å²) in [6.45, 7) is 1.31. The molecule has 3 heteroatoms. The Morgan fingerprint density at radius 3 is 1.91 bits per heavy atom. The summed E-state index contributed by atoms with van der Waals surface area (Å²) in [5, 5.41) is 0. The van der Waals surface area contributed by atoms with Crippen molar-refractivity contribution in [2.45, 2.75) is 6.92 Å². The van der Waals surface area contributed by atoms with Gasteiger partial charge in [0.05, 0.1) is 0 Å². The second-order valence-corrected chi connectivity index (χ2v) is 2.19. The van der Waals surface area contributed by atoms with Crippen LogP contribution < -0.4 is 10.5 Å². The molecule has 3 rings (SSSR count). The second-order valence-electron chi connectivity index (χ2n) is 2.19. The van der Waals surface area contributed by atoms with Crippen molar-refractivity contribution in [3.05, 3.63) is 24.3 Å². The summed E-state index contributed by atoms with van der Waals surface area (Å²) in [7, 11) is 0. The van der Waals surface area contributed by atoms with Crippen molar-refractivity contribution in [3.8, 4) is 11.5 Å². The van der Waals surface area contributed by atoms with Gasteiger partial charge in [0.2, 0.25) is 5.91 Å². The number of fused-ring (bicyclic) bond motifs is 2. The van der Waals surface area contributed by atoms with E-state index in [0.29, 0.717) is 0 Å². The zero-order chi connectivity index (χ0) is 8.27. The fourth-order valence-corrected chi connectivity index (χ4v) is 0.679. The normalized spacial score (nSPS) is 9.91. The fourth-order valence-electron chi connectivity index (χ4n) is 0.679. The highest BCUT2D eigenvalue weighted by molar-refractivity contribution is 5.70. The molecule has 58 valence electrons. The molecule has 1 amide bonds. The van der Waals surface area contributed by atoms with E-state index in [0.717, 1.165) is 11.5 Å². The number of carbonyl (C=O) groups excluding carboxylic acids is 1. The summed E-state index contributed by atoms with van der Waals surface area (Å²) in [5.74, 6) is 1.63. The van der Waals surface area contributed by atoms with Gasteiger partial charge in [-0.25, -0.2) is 0 Å². The van der Waals surface area contributed by atoms with Crippen LogP contribution in [0.3, 0.4) is 0 Å². The van der Waals surface area contributed by atoms with Crippen LogP contribution in [0.15, 0.2) is 24.3 Å². The molecule has 0 atom stereocenters. The van der Waals surface area contributed by atoms with Crippen LogP contribution in [0.5, 0.6) is 11.5 Å². The van der Waals surface area contributed by atoms with Gasteiger partial charge in [-0.1, -0.05) is 6.07 Å². The maximum Gasteiger partial charge on any atom is 0.214 e. The zero-order valence-corrected chi connectivity index (χ0v) is 6.20. The summed E-state index contributed by atoms with van der Waals surface area (Å²) in [4.78, 5) is 9.22. The van der Waals surface area contributed by atoms with Gasteiger partial charge in [0.1, 0.15) is 11.5 Å². The molecule has 2 heterocycles. The average molecular weight is 151 g/mol. The third-order valence-corrected chi connectivity index (χ3v) is 1.04. The standard InChI is InChI=1S/C6H4O.C2H5NO/c1-2-5-4-6(3-1)7-5;1-2(3)4/h1-4H;1H3,(H2,3,4). The van der Waals surface area contributed by atoms with Gasteiger partial charge in [-0.05, 0) is 12.1 Å². The zero-order valence-electron chi connectivity index (χ0n) is 6.20. The summed E-state index contributed by atoms with van der Waals surface area (Å²) in [6.07, 6.45) is 0. The molecule has 0 fully saturated rings. The van der Waals surface area contributed by atoms with Crippen molar-refractivity contribution in [2.24, 2.45) is 5.73 Å². The van der Waals surface area contributed by atoms with Crippen LogP contribution >= 0.6 is 0 Å². The quantitative estimate of drug-likeness (QED) is 0.616. The first-order valence-electron chi connectivity index (χ1n) is 3.22. The molecule has 0 saturated heterocycles. The van der Waals surface area contributed by atoms with E-state index in [1.807, 2.05) is 24.3 Å². The lowest BCUT2D eigenvalue weighted by Gasteiger charge is -2.13. The molecule has 1 aromatic rings.